The number of amides is 1. The summed E-state index contributed by atoms with van der Waals surface area (Å²) < 4.78 is 7.65. The van der Waals surface area contributed by atoms with Crippen molar-refractivity contribution in [3.8, 4) is 0 Å². The number of methoxy groups -OCH3 is 1. The van der Waals surface area contributed by atoms with Crippen LogP contribution in [0.5, 0.6) is 0 Å². The first kappa shape index (κ1) is 15.1. The van der Waals surface area contributed by atoms with Gasteiger partial charge in [-0.2, -0.15) is 0 Å². The summed E-state index contributed by atoms with van der Waals surface area (Å²) in [7, 11) is 1.63. The lowest BCUT2D eigenvalue weighted by atomic mass is 10.3. The van der Waals surface area contributed by atoms with Gasteiger partial charge in [-0.15, -0.1) is 0 Å². The summed E-state index contributed by atoms with van der Waals surface area (Å²) >= 11 is 9.31. The molecule has 0 saturated heterocycles. The van der Waals surface area contributed by atoms with Crippen LogP contribution in [0.2, 0.25) is 5.02 Å². The van der Waals surface area contributed by atoms with E-state index in [0.29, 0.717) is 29.6 Å². The highest BCUT2D eigenvalue weighted by Gasteiger charge is 2.12. The van der Waals surface area contributed by atoms with Crippen molar-refractivity contribution in [1.29, 1.82) is 0 Å². The second-order valence-corrected chi connectivity index (χ2v) is 5.45. The van der Waals surface area contributed by atoms with Crippen LogP contribution in [0.3, 0.4) is 0 Å². The quantitative estimate of drug-likeness (QED) is 0.884. The number of anilines is 1. The first-order chi connectivity index (χ1) is 9.61. The van der Waals surface area contributed by atoms with Crippen LogP contribution in [0, 0.1) is 0 Å². The van der Waals surface area contributed by atoms with Gasteiger partial charge >= 0.3 is 0 Å². The summed E-state index contributed by atoms with van der Waals surface area (Å²) in [5.74, 6) is -0.186. The molecule has 0 aliphatic heterocycles. The molecule has 1 aromatic carbocycles. The maximum absolute atomic E-state index is 12.3. The highest BCUT2D eigenvalue weighted by molar-refractivity contribution is 9.10. The Morgan fingerprint density at radius 2 is 2.25 bits per heavy atom. The monoisotopic (exact) mass is 356 g/mol. The van der Waals surface area contributed by atoms with E-state index in [-0.39, 0.29) is 5.91 Å². The van der Waals surface area contributed by atoms with E-state index in [9.17, 15) is 4.79 Å². The Bertz CT molecular complexity index is 613. The van der Waals surface area contributed by atoms with Gasteiger partial charge in [0.1, 0.15) is 5.69 Å². The molecule has 0 saturated carbocycles. The number of nitrogens with zero attached hydrogens (tertiary/aromatic N) is 1. The zero-order chi connectivity index (χ0) is 14.5. The average molecular weight is 358 g/mol. The van der Waals surface area contributed by atoms with E-state index in [1.807, 2.05) is 16.8 Å². The lowest BCUT2D eigenvalue weighted by Crippen LogP contribution is -2.18. The second kappa shape index (κ2) is 6.92. The van der Waals surface area contributed by atoms with E-state index in [1.54, 1.807) is 31.4 Å². The Hall–Kier alpha value is -1.30. The minimum atomic E-state index is -0.186. The predicted octanol–water partition coefficient (Wildman–Crippen LogP) is 3.80. The van der Waals surface area contributed by atoms with Crippen LogP contribution >= 0.6 is 27.5 Å². The molecule has 0 radical (unpaired) electrons. The fourth-order valence-electron chi connectivity index (χ4n) is 1.78. The van der Waals surface area contributed by atoms with E-state index in [4.69, 9.17) is 16.3 Å². The maximum atomic E-state index is 12.3. The molecule has 1 amide bonds. The molecule has 2 rings (SSSR count). The van der Waals surface area contributed by atoms with Crippen molar-refractivity contribution in [3.63, 3.8) is 0 Å². The Labute approximate surface area is 130 Å². The molecule has 4 nitrogen and oxygen atoms in total. The van der Waals surface area contributed by atoms with Gasteiger partial charge in [0.05, 0.1) is 12.3 Å². The standard InChI is InChI=1S/C14H14BrClN2O2/c1-20-8-7-18-6-2-3-13(18)14(19)17-12-9-10(16)4-5-11(12)15/h2-6,9H,7-8H2,1H3,(H,17,19). The average Bonchev–Trinajstić information content (AvgIpc) is 2.89. The fraction of sp³-hybridized carbons (Fsp3) is 0.214. The third-order valence-electron chi connectivity index (χ3n) is 2.78. The third kappa shape index (κ3) is 3.62. The molecule has 0 spiro atoms. The topological polar surface area (TPSA) is 43.3 Å². The molecule has 1 N–H and O–H groups in total. The van der Waals surface area contributed by atoms with Gasteiger partial charge < -0.3 is 14.6 Å². The van der Waals surface area contributed by atoms with Gasteiger partial charge in [0.15, 0.2) is 0 Å². The summed E-state index contributed by atoms with van der Waals surface area (Å²) in [4.78, 5) is 12.3. The van der Waals surface area contributed by atoms with Crippen molar-refractivity contribution in [2.45, 2.75) is 6.54 Å². The molecule has 0 aliphatic rings. The van der Waals surface area contributed by atoms with Crippen LogP contribution in [0.15, 0.2) is 41.0 Å². The normalized spacial score (nSPS) is 10.6. The van der Waals surface area contributed by atoms with Crippen LogP contribution in [-0.2, 0) is 11.3 Å². The molecule has 20 heavy (non-hydrogen) atoms. The minimum Gasteiger partial charge on any atom is -0.383 e. The smallest absolute Gasteiger partial charge is 0.272 e. The van der Waals surface area contributed by atoms with E-state index in [0.717, 1.165) is 4.47 Å². The summed E-state index contributed by atoms with van der Waals surface area (Å²) in [6, 6.07) is 8.84. The summed E-state index contributed by atoms with van der Waals surface area (Å²) in [5, 5.41) is 3.41. The van der Waals surface area contributed by atoms with Gasteiger partial charge in [-0.25, -0.2) is 0 Å². The third-order valence-corrected chi connectivity index (χ3v) is 3.70. The lowest BCUT2D eigenvalue weighted by Gasteiger charge is -2.10. The number of carbonyl (C=O) groups is 1. The van der Waals surface area contributed by atoms with Gasteiger partial charge in [0, 0.05) is 29.3 Å². The van der Waals surface area contributed by atoms with Crippen LogP contribution in [0.4, 0.5) is 5.69 Å². The molecule has 0 aliphatic carbocycles. The van der Waals surface area contributed by atoms with E-state index in [2.05, 4.69) is 21.2 Å². The zero-order valence-electron chi connectivity index (χ0n) is 10.9. The number of rotatable bonds is 5. The molecule has 0 atom stereocenters. The lowest BCUT2D eigenvalue weighted by molar-refractivity contribution is 0.101. The SMILES string of the molecule is COCCn1cccc1C(=O)Nc1cc(Cl)ccc1Br. The van der Waals surface area contributed by atoms with Crippen molar-refractivity contribution >= 4 is 39.1 Å². The number of benzene rings is 1. The maximum Gasteiger partial charge on any atom is 0.272 e. The molecular formula is C14H14BrClN2O2. The first-order valence-corrected chi connectivity index (χ1v) is 7.19. The number of nitrogens with one attached hydrogen (secondary N) is 1. The van der Waals surface area contributed by atoms with Gasteiger partial charge in [-0.1, -0.05) is 11.6 Å². The molecule has 2 aromatic rings. The number of hydrogen-bond acceptors (Lipinski definition) is 2. The van der Waals surface area contributed by atoms with Gasteiger partial charge in [0.25, 0.3) is 5.91 Å². The Balaban J connectivity index is 2.16. The van der Waals surface area contributed by atoms with Gasteiger partial charge in [-0.3, -0.25) is 4.79 Å². The van der Waals surface area contributed by atoms with Crippen molar-refractivity contribution in [2.75, 3.05) is 19.0 Å². The second-order valence-electron chi connectivity index (χ2n) is 4.16. The van der Waals surface area contributed by atoms with Gasteiger partial charge in [-0.05, 0) is 46.3 Å². The van der Waals surface area contributed by atoms with Crippen LogP contribution in [-0.4, -0.2) is 24.2 Å². The highest BCUT2D eigenvalue weighted by atomic mass is 79.9. The predicted molar refractivity (Wildman–Crippen MR) is 83.4 cm³/mol. The number of carbonyl (C=O) groups excluding carboxylic acids is 1. The van der Waals surface area contributed by atoms with Crippen LogP contribution < -0.4 is 5.32 Å². The van der Waals surface area contributed by atoms with Crippen molar-refractivity contribution in [1.82, 2.24) is 4.57 Å². The summed E-state index contributed by atoms with van der Waals surface area (Å²) in [5.41, 5.74) is 1.22. The minimum absolute atomic E-state index is 0.186. The van der Waals surface area contributed by atoms with Crippen LogP contribution in [0.1, 0.15) is 10.5 Å². The molecule has 6 heteroatoms. The fourth-order valence-corrected chi connectivity index (χ4v) is 2.30. The molecule has 106 valence electrons. The number of hydrogen-bond donors (Lipinski definition) is 1. The van der Waals surface area contributed by atoms with Crippen molar-refractivity contribution in [3.05, 3.63) is 51.7 Å². The van der Waals surface area contributed by atoms with Crippen molar-refractivity contribution in [2.24, 2.45) is 0 Å². The molecule has 0 fully saturated rings. The van der Waals surface area contributed by atoms with E-state index < -0.39 is 0 Å². The van der Waals surface area contributed by atoms with E-state index >= 15 is 0 Å². The molecule has 1 aromatic heterocycles. The molecule has 1 heterocycles. The molecule has 0 bridgehead atoms. The summed E-state index contributed by atoms with van der Waals surface area (Å²) in [6.07, 6.45) is 1.85. The largest absolute Gasteiger partial charge is 0.383 e. The Kier molecular flexibility index (Phi) is 5.23. The number of aromatic nitrogens is 1. The zero-order valence-corrected chi connectivity index (χ0v) is 13.2. The number of halogens is 2. The van der Waals surface area contributed by atoms with Gasteiger partial charge in [0.2, 0.25) is 0 Å². The number of ether oxygens (including phenoxy) is 1. The first-order valence-electron chi connectivity index (χ1n) is 6.02. The molecular weight excluding hydrogens is 344 g/mol. The highest BCUT2D eigenvalue weighted by Crippen LogP contribution is 2.26. The Morgan fingerprint density at radius 3 is 3.00 bits per heavy atom. The Morgan fingerprint density at radius 1 is 1.45 bits per heavy atom. The van der Waals surface area contributed by atoms with E-state index in [1.165, 1.54) is 0 Å². The summed E-state index contributed by atoms with van der Waals surface area (Å²) in [6.45, 7) is 1.18. The van der Waals surface area contributed by atoms with Crippen molar-refractivity contribution < 1.29 is 9.53 Å². The van der Waals surface area contributed by atoms with Crippen LogP contribution in [0.25, 0.3) is 0 Å². The molecule has 0 unspecified atom stereocenters.